The van der Waals surface area contributed by atoms with Crippen LogP contribution in [0.1, 0.15) is 0 Å². The molecular formula is C10H17F3N2O5. The summed E-state index contributed by atoms with van der Waals surface area (Å²) in [6, 6.07) is -1.11. The van der Waals surface area contributed by atoms with Gasteiger partial charge >= 0.3 is 18.2 Å². The lowest BCUT2D eigenvalue weighted by Gasteiger charge is -2.22. The number of carbonyl (C=O) groups excluding carboxylic acids is 1. The Bertz CT molecular complexity index is 312. The molecule has 0 saturated carbocycles. The summed E-state index contributed by atoms with van der Waals surface area (Å²) >= 11 is 0. The number of carbonyl (C=O) groups is 2. The molecule has 0 rings (SSSR count). The SMILES string of the molecule is COCCOCCNC(=O)N(CC(=O)O)CC(F)(F)F. The number of nitrogens with one attached hydrogen (secondary N) is 1. The van der Waals surface area contributed by atoms with Crippen molar-refractivity contribution < 1.29 is 37.3 Å². The number of carboxylic acid groups (broad SMARTS) is 1. The zero-order chi connectivity index (χ0) is 15.6. The highest BCUT2D eigenvalue weighted by Crippen LogP contribution is 2.16. The summed E-state index contributed by atoms with van der Waals surface area (Å²) in [6.07, 6.45) is -4.66. The Labute approximate surface area is 113 Å². The van der Waals surface area contributed by atoms with Crippen LogP contribution < -0.4 is 5.32 Å². The van der Waals surface area contributed by atoms with Gasteiger partial charge in [0.25, 0.3) is 0 Å². The summed E-state index contributed by atoms with van der Waals surface area (Å²) < 4.78 is 46.3. The molecule has 0 spiro atoms. The highest BCUT2D eigenvalue weighted by atomic mass is 19.4. The summed E-state index contributed by atoms with van der Waals surface area (Å²) in [6.45, 7) is -1.97. The topological polar surface area (TPSA) is 88.1 Å². The van der Waals surface area contributed by atoms with Gasteiger partial charge in [-0.15, -0.1) is 0 Å². The normalized spacial score (nSPS) is 11.2. The number of hydrogen-bond donors (Lipinski definition) is 2. The molecule has 118 valence electrons. The van der Waals surface area contributed by atoms with Gasteiger partial charge in [0.2, 0.25) is 0 Å². The summed E-state index contributed by atoms with van der Waals surface area (Å²) in [5.41, 5.74) is 0. The van der Waals surface area contributed by atoms with Gasteiger partial charge in [-0.3, -0.25) is 4.79 Å². The standard InChI is InChI=1S/C10H17F3N2O5/c1-19-4-5-20-3-2-14-9(18)15(6-8(16)17)7-10(11,12)13/h2-7H2,1H3,(H,14,18)(H,16,17). The molecule has 20 heavy (non-hydrogen) atoms. The molecule has 0 aromatic rings. The first-order chi connectivity index (χ1) is 9.26. The van der Waals surface area contributed by atoms with Gasteiger partial charge in [0.1, 0.15) is 13.1 Å². The van der Waals surface area contributed by atoms with E-state index in [0.29, 0.717) is 6.61 Å². The second-order valence-electron chi connectivity index (χ2n) is 3.70. The van der Waals surface area contributed by atoms with Gasteiger partial charge in [-0.1, -0.05) is 0 Å². The first kappa shape index (κ1) is 18.4. The number of ether oxygens (including phenoxy) is 2. The summed E-state index contributed by atoms with van der Waals surface area (Å²) in [7, 11) is 1.48. The fraction of sp³-hybridized carbons (Fsp3) is 0.800. The molecule has 2 N–H and O–H groups in total. The zero-order valence-electron chi connectivity index (χ0n) is 10.9. The molecule has 7 nitrogen and oxygen atoms in total. The van der Waals surface area contributed by atoms with Crippen molar-refractivity contribution in [2.24, 2.45) is 0 Å². The molecule has 0 bridgehead atoms. The highest BCUT2D eigenvalue weighted by molar-refractivity contribution is 5.80. The van der Waals surface area contributed by atoms with Crippen LogP contribution in [0.5, 0.6) is 0 Å². The maximum atomic E-state index is 12.2. The Hall–Kier alpha value is -1.55. The third-order valence-corrected chi connectivity index (χ3v) is 1.94. The maximum Gasteiger partial charge on any atom is 0.406 e. The van der Waals surface area contributed by atoms with E-state index in [0.717, 1.165) is 0 Å². The van der Waals surface area contributed by atoms with Gasteiger partial charge < -0.3 is 24.8 Å². The molecule has 0 radical (unpaired) electrons. The zero-order valence-corrected chi connectivity index (χ0v) is 10.9. The van der Waals surface area contributed by atoms with Crippen LogP contribution in [0.15, 0.2) is 0 Å². The minimum absolute atomic E-state index is 0.0312. The van der Waals surface area contributed by atoms with Crippen molar-refractivity contribution in [1.82, 2.24) is 10.2 Å². The molecule has 10 heteroatoms. The van der Waals surface area contributed by atoms with Crippen molar-refractivity contribution in [3.05, 3.63) is 0 Å². The second kappa shape index (κ2) is 9.37. The van der Waals surface area contributed by atoms with Crippen LogP contribution >= 0.6 is 0 Å². The van der Waals surface area contributed by atoms with Gasteiger partial charge in [0, 0.05) is 13.7 Å². The first-order valence-electron chi connectivity index (χ1n) is 5.64. The lowest BCUT2D eigenvalue weighted by molar-refractivity contribution is -0.148. The van der Waals surface area contributed by atoms with Crippen LogP contribution in [0.4, 0.5) is 18.0 Å². The molecule has 0 saturated heterocycles. The van der Waals surface area contributed by atoms with Crippen molar-refractivity contribution in [1.29, 1.82) is 0 Å². The molecule has 0 fully saturated rings. The molecule has 0 heterocycles. The molecule has 0 aliphatic carbocycles. The molecule has 0 unspecified atom stereocenters. The van der Waals surface area contributed by atoms with Crippen molar-refractivity contribution in [2.75, 3.05) is 46.6 Å². The number of aliphatic carboxylic acids is 1. The van der Waals surface area contributed by atoms with E-state index in [4.69, 9.17) is 14.6 Å². The molecule has 0 aromatic carbocycles. The van der Waals surface area contributed by atoms with Crippen molar-refractivity contribution in [2.45, 2.75) is 6.18 Å². The highest BCUT2D eigenvalue weighted by Gasteiger charge is 2.33. The van der Waals surface area contributed by atoms with Gasteiger partial charge in [-0.2, -0.15) is 13.2 Å². The molecule has 0 aliphatic rings. The number of urea groups is 1. The van der Waals surface area contributed by atoms with E-state index in [1.54, 1.807) is 0 Å². The van der Waals surface area contributed by atoms with Crippen molar-refractivity contribution in [3.63, 3.8) is 0 Å². The molecule has 0 aliphatic heterocycles. The largest absolute Gasteiger partial charge is 0.480 e. The van der Waals surface area contributed by atoms with E-state index in [1.807, 2.05) is 0 Å². The fourth-order valence-electron chi connectivity index (χ4n) is 1.17. The van der Waals surface area contributed by atoms with Gasteiger partial charge in [-0.05, 0) is 0 Å². The Morgan fingerprint density at radius 2 is 1.90 bits per heavy atom. The van der Waals surface area contributed by atoms with Crippen molar-refractivity contribution >= 4 is 12.0 Å². The minimum atomic E-state index is -4.66. The molecule has 2 amide bonds. The van der Waals surface area contributed by atoms with Gasteiger partial charge in [0.15, 0.2) is 0 Å². The monoisotopic (exact) mass is 302 g/mol. The predicted molar refractivity (Wildman–Crippen MR) is 61.4 cm³/mol. The van der Waals surface area contributed by atoms with E-state index >= 15 is 0 Å². The Kier molecular flexibility index (Phi) is 8.64. The van der Waals surface area contributed by atoms with Crippen molar-refractivity contribution in [3.8, 4) is 0 Å². The number of methoxy groups -OCH3 is 1. The van der Waals surface area contributed by atoms with E-state index < -0.39 is 31.3 Å². The van der Waals surface area contributed by atoms with E-state index in [1.165, 1.54) is 7.11 Å². The summed E-state index contributed by atoms with van der Waals surface area (Å²) in [4.78, 5) is 22.0. The molecular weight excluding hydrogens is 285 g/mol. The third kappa shape index (κ3) is 10.4. The maximum absolute atomic E-state index is 12.2. The third-order valence-electron chi connectivity index (χ3n) is 1.94. The van der Waals surface area contributed by atoms with Crippen LogP contribution in [-0.2, 0) is 14.3 Å². The van der Waals surface area contributed by atoms with Gasteiger partial charge in [0.05, 0.1) is 19.8 Å². The number of amides is 2. The van der Waals surface area contributed by atoms with E-state index in [2.05, 4.69) is 5.32 Å². The van der Waals surface area contributed by atoms with Gasteiger partial charge in [-0.25, -0.2) is 4.79 Å². The second-order valence-corrected chi connectivity index (χ2v) is 3.70. The Morgan fingerprint density at radius 1 is 1.25 bits per heavy atom. The Balaban J connectivity index is 4.11. The first-order valence-corrected chi connectivity index (χ1v) is 5.64. The lowest BCUT2D eigenvalue weighted by atomic mass is 10.4. The number of rotatable bonds is 9. The quantitative estimate of drug-likeness (QED) is 0.598. The number of carboxylic acids is 1. The number of halogens is 3. The van der Waals surface area contributed by atoms with Crippen LogP contribution in [-0.4, -0.2) is 74.7 Å². The number of alkyl halides is 3. The minimum Gasteiger partial charge on any atom is -0.480 e. The summed E-state index contributed by atoms with van der Waals surface area (Å²) in [5, 5.41) is 10.6. The van der Waals surface area contributed by atoms with E-state index in [-0.39, 0.29) is 24.7 Å². The fourth-order valence-corrected chi connectivity index (χ4v) is 1.17. The van der Waals surface area contributed by atoms with E-state index in [9.17, 15) is 22.8 Å². The van der Waals surface area contributed by atoms with Crippen LogP contribution in [0.2, 0.25) is 0 Å². The molecule has 0 aromatic heterocycles. The lowest BCUT2D eigenvalue weighted by Crippen LogP contribution is -2.47. The van der Waals surface area contributed by atoms with Crippen LogP contribution in [0, 0.1) is 0 Å². The number of hydrogen-bond acceptors (Lipinski definition) is 4. The average Bonchev–Trinajstić information content (AvgIpc) is 2.30. The predicted octanol–water partition coefficient (Wildman–Crippen LogP) is 0.308. The average molecular weight is 302 g/mol. The molecule has 0 atom stereocenters. The number of nitrogens with zero attached hydrogens (tertiary/aromatic N) is 1. The Morgan fingerprint density at radius 3 is 2.40 bits per heavy atom. The van der Waals surface area contributed by atoms with Crippen LogP contribution in [0.3, 0.4) is 0 Å². The summed E-state index contributed by atoms with van der Waals surface area (Å²) in [5.74, 6) is -1.53. The smallest absolute Gasteiger partial charge is 0.406 e. The van der Waals surface area contributed by atoms with Crippen LogP contribution in [0.25, 0.3) is 0 Å².